The van der Waals surface area contributed by atoms with E-state index in [0.717, 1.165) is 29.8 Å². The molecule has 4 rings (SSSR count). The Hall–Kier alpha value is -3.03. The Labute approximate surface area is 239 Å². The highest BCUT2D eigenvalue weighted by Gasteiger charge is 2.49. The molecule has 216 valence electrons. The average Bonchev–Trinajstić information content (AvgIpc) is 3.01. The minimum Gasteiger partial charge on any atom is -0.490 e. The summed E-state index contributed by atoms with van der Waals surface area (Å²) in [6.45, 7) is 6.95. The molecule has 1 N–H and O–H groups in total. The number of unbranched alkanes of at least 4 members (excludes halogenated alkanes) is 1. The van der Waals surface area contributed by atoms with E-state index in [0.29, 0.717) is 42.3 Å². The second-order valence-corrected chi connectivity index (χ2v) is 13.2. The largest absolute Gasteiger partial charge is 0.490 e. The summed E-state index contributed by atoms with van der Waals surface area (Å²) in [5.41, 5.74) is 2.88. The third kappa shape index (κ3) is 6.47. The minimum absolute atomic E-state index is 0.0509. The Morgan fingerprint density at radius 3 is 2.08 bits per heavy atom. The molecule has 0 saturated heterocycles. The molecule has 0 radical (unpaired) electrons. The SMILES string of the molecule is CCCC[C@@]1(CC)CS(=O)(=O)c2ccc(N(C)C)cc2[C@H](c2ccc(OCCOc3ccc(C)cc3)cc2)[C@@H]1O. The van der Waals surface area contributed by atoms with Crippen LogP contribution in [0.4, 0.5) is 5.69 Å². The van der Waals surface area contributed by atoms with E-state index < -0.39 is 27.3 Å². The number of aryl methyl sites for hydroxylation is 1. The summed E-state index contributed by atoms with van der Waals surface area (Å²) in [5, 5.41) is 12.1. The Kier molecular flexibility index (Phi) is 9.47. The molecule has 0 aliphatic carbocycles. The molecule has 0 spiro atoms. The second-order valence-electron chi connectivity index (χ2n) is 11.2. The summed E-state index contributed by atoms with van der Waals surface area (Å²) in [5.74, 6) is 0.968. The molecule has 0 unspecified atom stereocenters. The zero-order valence-corrected chi connectivity index (χ0v) is 25.2. The third-order valence-corrected chi connectivity index (χ3v) is 10.2. The van der Waals surface area contributed by atoms with Gasteiger partial charge in [-0.05, 0) is 73.4 Å². The van der Waals surface area contributed by atoms with Gasteiger partial charge in [-0.15, -0.1) is 0 Å². The molecule has 40 heavy (non-hydrogen) atoms. The van der Waals surface area contributed by atoms with Gasteiger partial charge in [-0.3, -0.25) is 0 Å². The fourth-order valence-electron chi connectivity index (χ4n) is 5.73. The molecule has 3 aromatic carbocycles. The zero-order chi connectivity index (χ0) is 28.9. The van der Waals surface area contributed by atoms with Crippen molar-refractivity contribution in [1.29, 1.82) is 0 Å². The number of fused-ring (bicyclic) bond motifs is 1. The Morgan fingerprint density at radius 2 is 1.52 bits per heavy atom. The van der Waals surface area contributed by atoms with Crippen LogP contribution < -0.4 is 14.4 Å². The first kappa shape index (κ1) is 29.9. The van der Waals surface area contributed by atoms with Gasteiger partial charge >= 0.3 is 0 Å². The number of benzene rings is 3. The Morgan fingerprint density at radius 1 is 0.925 bits per heavy atom. The normalized spacial score (nSPS) is 21.8. The van der Waals surface area contributed by atoms with Crippen LogP contribution in [0.5, 0.6) is 11.5 Å². The van der Waals surface area contributed by atoms with Crippen LogP contribution in [-0.4, -0.2) is 52.7 Å². The van der Waals surface area contributed by atoms with Gasteiger partial charge in [0.05, 0.1) is 16.8 Å². The van der Waals surface area contributed by atoms with Gasteiger partial charge in [-0.25, -0.2) is 8.42 Å². The highest BCUT2D eigenvalue weighted by molar-refractivity contribution is 7.91. The van der Waals surface area contributed by atoms with Gasteiger partial charge in [0.1, 0.15) is 24.7 Å². The number of ether oxygens (including phenoxy) is 2. The Bertz CT molecular complexity index is 1370. The van der Waals surface area contributed by atoms with Crippen LogP contribution in [0.2, 0.25) is 0 Å². The van der Waals surface area contributed by atoms with Crippen molar-refractivity contribution in [1.82, 2.24) is 0 Å². The van der Waals surface area contributed by atoms with Gasteiger partial charge in [0, 0.05) is 31.1 Å². The number of sulfone groups is 1. The highest BCUT2D eigenvalue weighted by Crippen LogP contribution is 2.49. The second kappa shape index (κ2) is 12.6. The van der Waals surface area contributed by atoms with E-state index in [2.05, 4.69) is 6.92 Å². The van der Waals surface area contributed by atoms with Crippen LogP contribution >= 0.6 is 0 Å². The fraction of sp³-hybridized carbons (Fsp3) is 0.455. The average molecular weight is 566 g/mol. The van der Waals surface area contributed by atoms with Crippen molar-refractivity contribution >= 4 is 15.5 Å². The van der Waals surface area contributed by atoms with Crippen LogP contribution in [0.1, 0.15) is 62.1 Å². The molecule has 1 heterocycles. The quantitative estimate of drug-likeness (QED) is 0.272. The van der Waals surface area contributed by atoms with Gasteiger partial charge in [0.2, 0.25) is 0 Å². The van der Waals surface area contributed by atoms with Crippen molar-refractivity contribution in [3.05, 3.63) is 83.4 Å². The van der Waals surface area contributed by atoms with E-state index in [4.69, 9.17) is 9.47 Å². The molecule has 0 bridgehead atoms. The van der Waals surface area contributed by atoms with Crippen molar-refractivity contribution in [2.45, 2.75) is 63.4 Å². The number of nitrogens with zero attached hydrogens (tertiary/aromatic N) is 1. The number of rotatable bonds is 11. The molecule has 0 aromatic heterocycles. The smallest absolute Gasteiger partial charge is 0.179 e. The van der Waals surface area contributed by atoms with E-state index >= 15 is 0 Å². The lowest BCUT2D eigenvalue weighted by atomic mass is 9.69. The maximum atomic E-state index is 13.8. The summed E-state index contributed by atoms with van der Waals surface area (Å²) >= 11 is 0. The molecule has 0 fully saturated rings. The van der Waals surface area contributed by atoms with Crippen LogP contribution in [0.25, 0.3) is 0 Å². The van der Waals surface area contributed by atoms with E-state index in [1.54, 1.807) is 6.07 Å². The van der Waals surface area contributed by atoms with Gasteiger partial charge in [0.15, 0.2) is 9.84 Å². The van der Waals surface area contributed by atoms with Crippen LogP contribution in [0.15, 0.2) is 71.6 Å². The molecule has 1 aliphatic rings. The van der Waals surface area contributed by atoms with Crippen molar-refractivity contribution in [3.63, 3.8) is 0 Å². The highest BCUT2D eigenvalue weighted by atomic mass is 32.2. The lowest BCUT2D eigenvalue weighted by Crippen LogP contribution is -2.42. The minimum atomic E-state index is -3.61. The van der Waals surface area contributed by atoms with Crippen molar-refractivity contribution < 1.29 is 23.0 Å². The summed E-state index contributed by atoms with van der Waals surface area (Å²) in [6, 6.07) is 21.1. The summed E-state index contributed by atoms with van der Waals surface area (Å²) in [7, 11) is 0.260. The van der Waals surface area contributed by atoms with Gasteiger partial charge < -0.3 is 19.5 Å². The standard InChI is InChI=1S/C33H43NO5S/c1-6-8-19-33(7-2)23-40(36,37)30-18-13-26(34(4)5)22-29(30)31(32(33)35)25-11-16-28(17-12-25)39-21-20-38-27-14-9-24(3)10-15-27/h9-18,22,31-32,35H,6-8,19-21,23H2,1-5H3/t31-,32-,33-/m0/s1. The fourth-order valence-corrected chi connectivity index (χ4v) is 7.98. The number of aliphatic hydroxyl groups excluding tert-OH is 1. The number of anilines is 1. The maximum absolute atomic E-state index is 13.8. The van der Waals surface area contributed by atoms with E-state index in [9.17, 15) is 13.5 Å². The lowest BCUT2D eigenvalue weighted by molar-refractivity contribution is 0.0174. The number of hydrogen-bond donors (Lipinski definition) is 1. The van der Waals surface area contributed by atoms with Crippen molar-refractivity contribution in [2.75, 3.05) is 38.0 Å². The topological polar surface area (TPSA) is 76.1 Å². The molecule has 7 heteroatoms. The predicted octanol–water partition coefficient (Wildman–Crippen LogP) is 6.39. The first-order chi connectivity index (χ1) is 19.1. The van der Waals surface area contributed by atoms with E-state index in [-0.39, 0.29) is 5.75 Å². The lowest BCUT2D eigenvalue weighted by Gasteiger charge is -2.39. The molecule has 3 atom stereocenters. The number of aliphatic hydroxyl groups is 1. The molecule has 1 aliphatic heterocycles. The molecular weight excluding hydrogens is 522 g/mol. The number of hydrogen-bond acceptors (Lipinski definition) is 6. The zero-order valence-electron chi connectivity index (χ0n) is 24.4. The molecule has 6 nitrogen and oxygen atoms in total. The third-order valence-electron chi connectivity index (χ3n) is 8.21. The van der Waals surface area contributed by atoms with Gasteiger partial charge in [-0.2, -0.15) is 0 Å². The Balaban J connectivity index is 1.64. The van der Waals surface area contributed by atoms with Crippen molar-refractivity contribution in [2.24, 2.45) is 5.41 Å². The monoisotopic (exact) mass is 565 g/mol. The summed E-state index contributed by atoms with van der Waals surface area (Å²) in [6.07, 6.45) is 2.20. The molecule has 0 saturated carbocycles. The molecular formula is C33H43NO5S. The molecule has 3 aromatic rings. The van der Waals surface area contributed by atoms with Crippen LogP contribution in [0.3, 0.4) is 0 Å². The van der Waals surface area contributed by atoms with E-state index in [1.165, 1.54) is 5.56 Å². The predicted molar refractivity (Wildman–Crippen MR) is 162 cm³/mol. The summed E-state index contributed by atoms with van der Waals surface area (Å²) in [4.78, 5) is 2.28. The molecule has 0 amide bonds. The van der Waals surface area contributed by atoms with Crippen molar-refractivity contribution in [3.8, 4) is 11.5 Å². The van der Waals surface area contributed by atoms with Crippen LogP contribution in [0, 0.1) is 12.3 Å². The maximum Gasteiger partial charge on any atom is 0.179 e. The van der Waals surface area contributed by atoms with Gasteiger partial charge in [-0.1, -0.05) is 56.5 Å². The van der Waals surface area contributed by atoms with E-state index in [1.807, 2.05) is 93.5 Å². The van der Waals surface area contributed by atoms with Crippen LogP contribution in [-0.2, 0) is 9.84 Å². The van der Waals surface area contributed by atoms with Gasteiger partial charge in [0.25, 0.3) is 0 Å². The summed E-state index contributed by atoms with van der Waals surface area (Å²) < 4.78 is 39.3. The first-order valence-corrected chi connectivity index (χ1v) is 15.9. The first-order valence-electron chi connectivity index (χ1n) is 14.2.